The van der Waals surface area contributed by atoms with Gasteiger partial charge in [0.25, 0.3) is 10.0 Å². The molecule has 1 aliphatic rings. The Morgan fingerprint density at radius 1 is 1.33 bits per heavy atom. The summed E-state index contributed by atoms with van der Waals surface area (Å²) in [7, 11) is 0.114. The number of sulfonamides is 1. The monoisotopic (exact) mass is 274 g/mol. The van der Waals surface area contributed by atoms with Crippen molar-refractivity contribution in [2.45, 2.75) is 4.90 Å². The van der Waals surface area contributed by atoms with Crippen molar-refractivity contribution in [2.24, 2.45) is 4.40 Å². The molecular formula is C10H11FN2O4S. The van der Waals surface area contributed by atoms with Gasteiger partial charge in [-0.2, -0.15) is 8.42 Å². The maximum atomic E-state index is 13.7. The summed E-state index contributed by atoms with van der Waals surface area (Å²) in [5, 5.41) is 1.13. The number of hydroxylamine groups is 2. The van der Waals surface area contributed by atoms with Gasteiger partial charge in [0.2, 0.25) is 0 Å². The van der Waals surface area contributed by atoms with E-state index in [4.69, 9.17) is 9.57 Å². The summed E-state index contributed by atoms with van der Waals surface area (Å²) in [5.74, 6) is -0.659. The molecule has 0 spiro atoms. The number of benzene rings is 1. The molecule has 0 aromatic heterocycles. The van der Waals surface area contributed by atoms with Gasteiger partial charge in [0, 0.05) is 7.05 Å². The molecule has 2 rings (SSSR count). The van der Waals surface area contributed by atoms with Gasteiger partial charge in [-0.1, -0.05) is 0 Å². The molecule has 0 unspecified atom stereocenters. The molecule has 1 aliphatic heterocycles. The van der Waals surface area contributed by atoms with E-state index < -0.39 is 20.7 Å². The van der Waals surface area contributed by atoms with Crippen molar-refractivity contribution in [2.75, 3.05) is 21.3 Å². The average Bonchev–Trinajstić information content (AvgIpc) is 2.62. The number of methoxy groups -OCH3 is 1. The lowest BCUT2D eigenvalue weighted by molar-refractivity contribution is -0.0409. The fraction of sp³-hybridized carbons (Fsp3) is 0.300. The van der Waals surface area contributed by atoms with Gasteiger partial charge in [-0.3, -0.25) is 4.84 Å². The molecule has 18 heavy (non-hydrogen) atoms. The molecule has 0 aliphatic carbocycles. The van der Waals surface area contributed by atoms with E-state index in [1.54, 1.807) is 0 Å². The van der Waals surface area contributed by atoms with Gasteiger partial charge >= 0.3 is 0 Å². The second-order valence-electron chi connectivity index (χ2n) is 3.52. The predicted molar refractivity (Wildman–Crippen MR) is 61.4 cm³/mol. The first kappa shape index (κ1) is 12.8. The van der Waals surface area contributed by atoms with Gasteiger partial charge in [0.1, 0.15) is 16.5 Å². The lowest BCUT2D eigenvalue weighted by Crippen LogP contribution is -2.25. The van der Waals surface area contributed by atoms with Gasteiger partial charge in [0.15, 0.2) is 5.84 Å². The van der Waals surface area contributed by atoms with Crippen LogP contribution in [0.3, 0.4) is 0 Å². The highest BCUT2D eigenvalue weighted by atomic mass is 32.2. The number of hydrogen-bond donors (Lipinski definition) is 0. The summed E-state index contributed by atoms with van der Waals surface area (Å²) in [4.78, 5) is 4.40. The lowest BCUT2D eigenvalue weighted by Gasteiger charge is -2.16. The molecule has 98 valence electrons. The van der Waals surface area contributed by atoms with Gasteiger partial charge in [-0.05, 0) is 12.1 Å². The molecule has 1 aromatic rings. The van der Waals surface area contributed by atoms with E-state index in [1.165, 1.54) is 27.3 Å². The number of fused-ring (bicyclic) bond motifs is 1. The third-order valence-electron chi connectivity index (χ3n) is 2.55. The first-order valence-electron chi connectivity index (χ1n) is 4.92. The van der Waals surface area contributed by atoms with E-state index in [0.717, 1.165) is 11.1 Å². The SMILES string of the molecule is COc1ccc(F)c2c1C(N(C)OC)=NS2(=O)=O. The zero-order chi connectivity index (χ0) is 13.5. The van der Waals surface area contributed by atoms with E-state index >= 15 is 0 Å². The summed E-state index contributed by atoms with van der Waals surface area (Å²) in [6.45, 7) is 0. The Balaban J connectivity index is 2.79. The van der Waals surface area contributed by atoms with E-state index in [-0.39, 0.29) is 17.1 Å². The Bertz CT molecular complexity index is 627. The van der Waals surface area contributed by atoms with Gasteiger partial charge < -0.3 is 4.74 Å². The molecule has 0 atom stereocenters. The highest BCUT2D eigenvalue weighted by Crippen LogP contribution is 2.36. The summed E-state index contributed by atoms with van der Waals surface area (Å²) in [5.41, 5.74) is 0.0712. The third kappa shape index (κ3) is 1.73. The minimum absolute atomic E-state index is 0.0103. The van der Waals surface area contributed by atoms with E-state index in [1.807, 2.05) is 0 Å². The molecule has 6 nitrogen and oxygen atoms in total. The summed E-state index contributed by atoms with van der Waals surface area (Å²) in [6, 6.07) is 2.37. The first-order valence-corrected chi connectivity index (χ1v) is 6.36. The number of ether oxygens (including phenoxy) is 1. The quantitative estimate of drug-likeness (QED) is 0.745. The second kappa shape index (κ2) is 4.21. The van der Waals surface area contributed by atoms with Crippen molar-refractivity contribution in [3.8, 4) is 5.75 Å². The Hall–Kier alpha value is -1.67. The number of rotatable bonds is 2. The largest absolute Gasteiger partial charge is 0.496 e. The first-order chi connectivity index (χ1) is 8.42. The topological polar surface area (TPSA) is 68.2 Å². The highest BCUT2D eigenvalue weighted by molar-refractivity contribution is 7.90. The van der Waals surface area contributed by atoms with Crippen LogP contribution in [0.2, 0.25) is 0 Å². The minimum Gasteiger partial charge on any atom is -0.496 e. The summed E-state index contributed by atoms with van der Waals surface area (Å²) >= 11 is 0. The van der Waals surface area contributed by atoms with Crippen LogP contribution in [0.25, 0.3) is 0 Å². The summed E-state index contributed by atoms with van der Waals surface area (Å²) in [6.07, 6.45) is 0. The Kier molecular flexibility index (Phi) is 2.99. The van der Waals surface area contributed by atoms with Crippen molar-refractivity contribution >= 4 is 15.9 Å². The lowest BCUT2D eigenvalue weighted by atomic mass is 10.1. The molecule has 0 saturated heterocycles. The van der Waals surface area contributed by atoms with Gasteiger partial charge in [-0.15, -0.1) is 4.40 Å². The van der Waals surface area contributed by atoms with Crippen molar-refractivity contribution < 1.29 is 22.4 Å². The molecule has 0 N–H and O–H groups in total. The van der Waals surface area contributed by atoms with Crippen LogP contribution in [-0.4, -0.2) is 40.6 Å². The standard InChI is InChI=1S/C10H11FN2O4S/c1-13(17-3)10-8-7(16-2)5-4-6(11)9(8)18(14,15)12-10/h4-5H,1-3H3. The van der Waals surface area contributed by atoms with Crippen molar-refractivity contribution in [1.29, 1.82) is 0 Å². The Morgan fingerprint density at radius 2 is 2.00 bits per heavy atom. The smallest absolute Gasteiger partial charge is 0.288 e. The normalized spacial score (nSPS) is 16.1. The van der Waals surface area contributed by atoms with Crippen molar-refractivity contribution in [1.82, 2.24) is 5.06 Å². The minimum atomic E-state index is -4.06. The molecule has 0 amide bonds. The van der Waals surface area contributed by atoms with Crippen LogP contribution in [0, 0.1) is 5.82 Å². The van der Waals surface area contributed by atoms with Gasteiger partial charge in [-0.25, -0.2) is 9.45 Å². The Morgan fingerprint density at radius 3 is 2.56 bits per heavy atom. The van der Waals surface area contributed by atoms with Crippen LogP contribution in [-0.2, 0) is 14.9 Å². The maximum absolute atomic E-state index is 13.7. The molecule has 0 saturated carbocycles. The second-order valence-corrected chi connectivity index (χ2v) is 5.06. The fourth-order valence-electron chi connectivity index (χ4n) is 1.68. The van der Waals surface area contributed by atoms with Crippen LogP contribution in [0.5, 0.6) is 5.75 Å². The van der Waals surface area contributed by atoms with Crippen molar-refractivity contribution in [3.05, 3.63) is 23.5 Å². The molecule has 0 fully saturated rings. The van der Waals surface area contributed by atoms with Crippen molar-refractivity contribution in [3.63, 3.8) is 0 Å². The van der Waals surface area contributed by atoms with Crippen LogP contribution in [0.1, 0.15) is 5.56 Å². The molecule has 1 aromatic carbocycles. The highest BCUT2D eigenvalue weighted by Gasteiger charge is 2.37. The molecule has 1 heterocycles. The number of amidine groups is 1. The molecular weight excluding hydrogens is 263 g/mol. The zero-order valence-corrected chi connectivity index (χ0v) is 10.8. The van der Waals surface area contributed by atoms with Crippen LogP contribution < -0.4 is 4.74 Å². The van der Waals surface area contributed by atoms with Crippen LogP contribution in [0.4, 0.5) is 4.39 Å². The Labute approximate surface area is 104 Å². The number of nitrogens with zero attached hydrogens (tertiary/aromatic N) is 2. The van der Waals surface area contributed by atoms with Gasteiger partial charge in [0.05, 0.1) is 19.8 Å². The third-order valence-corrected chi connectivity index (χ3v) is 3.88. The average molecular weight is 274 g/mol. The van der Waals surface area contributed by atoms with Crippen LogP contribution in [0.15, 0.2) is 21.4 Å². The van der Waals surface area contributed by atoms with E-state index in [2.05, 4.69) is 4.40 Å². The van der Waals surface area contributed by atoms with Crippen LogP contribution >= 0.6 is 0 Å². The fourth-order valence-corrected chi connectivity index (χ4v) is 2.97. The molecule has 0 bridgehead atoms. The van der Waals surface area contributed by atoms with E-state index in [9.17, 15) is 12.8 Å². The predicted octanol–water partition coefficient (Wildman–Crippen LogP) is 0.776. The number of hydrogen-bond acceptors (Lipinski definition) is 5. The summed E-state index contributed by atoms with van der Waals surface area (Å²) < 4.78 is 45.8. The molecule has 8 heteroatoms. The number of halogens is 1. The zero-order valence-electron chi connectivity index (χ0n) is 9.97. The van der Waals surface area contributed by atoms with E-state index in [0.29, 0.717) is 0 Å². The molecule has 0 radical (unpaired) electrons. The maximum Gasteiger partial charge on any atom is 0.288 e.